The van der Waals surface area contributed by atoms with Gasteiger partial charge in [0, 0.05) is 38.3 Å². The smallest absolute Gasteiger partial charge is 0.0666 e. The number of aromatic nitrogens is 4. The number of rotatable bonds is 4. The first kappa shape index (κ1) is 15.6. The van der Waals surface area contributed by atoms with Crippen molar-refractivity contribution in [3.8, 4) is 0 Å². The lowest BCUT2D eigenvalue weighted by Gasteiger charge is -2.52. The Hall–Kier alpha value is -0.960. The summed E-state index contributed by atoms with van der Waals surface area (Å²) in [6.45, 7) is 5.41. The summed E-state index contributed by atoms with van der Waals surface area (Å²) in [4.78, 5) is 7.87. The van der Waals surface area contributed by atoms with Gasteiger partial charge in [0.2, 0.25) is 0 Å². The van der Waals surface area contributed by atoms with Gasteiger partial charge in [0.25, 0.3) is 0 Å². The highest BCUT2D eigenvalue weighted by Crippen LogP contribution is 2.38. The van der Waals surface area contributed by atoms with Gasteiger partial charge < -0.3 is 0 Å². The molecule has 2 aliphatic rings. The fraction of sp³-hybridized carbons (Fsp3) is 0.733. The quantitative estimate of drug-likeness (QED) is 0.844. The lowest BCUT2D eigenvalue weighted by molar-refractivity contribution is -0.0343. The van der Waals surface area contributed by atoms with Gasteiger partial charge >= 0.3 is 0 Å². The van der Waals surface area contributed by atoms with Gasteiger partial charge in [-0.25, -0.2) is 0 Å². The molecular formula is C15H22N6S2. The SMILES string of the molecule is c1nnsc1CN1CCN(Cc2cnns2)C2(CCCCC2)C1. The predicted molar refractivity (Wildman–Crippen MR) is 91.3 cm³/mol. The molecule has 1 saturated heterocycles. The van der Waals surface area contributed by atoms with Crippen LogP contribution in [0.1, 0.15) is 41.9 Å². The lowest BCUT2D eigenvalue weighted by Crippen LogP contribution is -2.62. The molecule has 0 radical (unpaired) electrons. The van der Waals surface area contributed by atoms with E-state index in [-0.39, 0.29) is 0 Å². The highest BCUT2D eigenvalue weighted by atomic mass is 32.1. The molecule has 1 spiro atoms. The fourth-order valence-electron chi connectivity index (χ4n) is 4.08. The molecule has 2 aromatic rings. The number of hydrogen-bond acceptors (Lipinski definition) is 8. The van der Waals surface area contributed by atoms with Gasteiger partial charge in [-0.2, -0.15) is 0 Å². The van der Waals surface area contributed by atoms with Crippen LogP contribution in [0.15, 0.2) is 12.4 Å². The van der Waals surface area contributed by atoms with Crippen molar-refractivity contribution in [1.29, 1.82) is 0 Å². The van der Waals surface area contributed by atoms with Gasteiger partial charge in [-0.15, -0.1) is 10.2 Å². The van der Waals surface area contributed by atoms with Crippen LogP contribution in [0.3, 0.4) is 0 Å². The Morgan fingerprint density at radius 1 is 0.913 bits per heavy atom. The molecule has 0 unspecified atom stereocenters. The second-order valence-corrected chi connectivity index (χ2v) is 8.43. The molecule has 8 heteroatoms. The van der Waals surface area contributed by atoms with Gasteiger partial charge in [0.15, 0.2) is 0 Å². The van der Waals surface area contributed by atoms with Crippen molar-refractivity contribution in [3.05, 3.63) is 22.1 Å². The molecule has 0 bridgehead atoms. The fourth-order valence-corrected chi connectivity index (χ4v) is 5.12. The van der Waals surface area contributed by atoms with Crippen LogP contribution in [0.5, 0.6) is 0 Å². The third kappa shape index (κ3) is 3.45. The molecule has 0 amide bonds. The zero-order valence-corrected chi connectivity index (χ0v) is 14.9. The zero-order valence-electron chi connectivity index (χ0n) is 13.2. The van der Waals surface area contributed by atoms with Crippen LogP contribution in [0.2, 0.25) is 0 Å². The summed E-state index contributed by atoms with van der Waals surface area (Å²) < 4.78 is 8.03. The minimum Gasteiger partial charge on any atom is -0.295 e. The molecule has 0 N–H and O–H groups in total. The normalized spacial score (nSPS) is 22.6. The number of hydrogen-bond donors (Lipinski definition) is 0. The molecule has 3 heterocycles. The topological polar surface area (TPSA) is 58.0 Å². The van der Waals surface area contributed by atoms with Crippen LogP contribution in [-0.2, 0) is 13.1 Å². The summed E-state index contributed by atoms with van der Waals surface area (Å²) >= 11 is 3.06. The molecule has 2 aromatic heterocycles. The Morgan fingerprint density at radius 2 is 1.61 bits per heavy atom. The number of nitrogens with zero attached hydrogens (tertiary/aromatic N) is 6. The van der Waals surface area contributed by atoms with E-state index in [4.69, 9.17) is 0 Å². The Kier molecular flexibility index (Phi) is 4.66. The molecular weight excluding hydrogens is 328 g/mol. The molecule has 2 fully saturated rings. The number of piperazine rings is 1. The Morgan fingerprint density at radius 3 is 2.26 bits per heavy atom. The van der Waals surface area contributed by atoms with Crippen LogP contribution in [0.25, 0.3) is 0 Å². The van der Waals surface area contributed by atoms with Crippen molar-refractivity contribution in [2.24, 2.45) is 0 Å². The molecule has 6 nitrogen and oxygen atoms in total. The first-order valence-electron chi connectivity index (χ1n) is 8.34. The summed E-state index contributed by atoms with van der Waals surface area (Å²) in [6.07, 6.45) is 10.6. The van der Waals surface area contributed by atoms with Gasteiger partial charge in [-0.3, -0.25) is 9.80 Å². The summed E-state index contributed by atoms with van der Waals surface area (Å²) in [7, 11) is 0. The summed E-state index contributed by atoms with van der Waals surface area (Å²) in [5, 5.41) is 7.98. The van der Waals surface area contributed by atoms with Crippen LogP contribution in [-0.4, -0.2) is 54.1 Å². The van der Waals surface area contributed by atoms with E-state index in [1.807, 2.05) is 12.4 Å². The Balaban J connectivity index is 1.49. The maximum absolute atomic E-state index is 4.03. The summed E-state index contributed by atoms with van der Waals surface area (Å²) in [6, 6.07) is 0. The second-order valence-electron chi connectivity index (χ2n) is 6.68. The van der Waals surface area contributed by atoms with Crippen molar-refractivity contribution in [2.75, 3.05) is 19.6 Å². The van der Waals surface area contributed by atoms with Crippen LogP contribution < -0.4 is 0 Å². The van der Waals surface area contributed by atoms with Crippen molar-refractivity contribution in [2.45, 2.75) is 50.7 Å². The third-order valence-electron chi connectivity index (χ3n) is 5.20. The Bertz CT molecular complexity index is 594. The van der Waals surface area contributed by atoms with E-state index < -0.39 is 0 Å². The largest absolute Gasteiger partial charge is 0.295 e. The molecule has 1 saturated carbocycles. The highest BCUT2D eigenvalue weighted by molar-refractivity contribution is 7.05. The van der Waals surface area contributed by atoms with Crippen molar-refractivity contribution < 1.29 is 0 Å². The van der Waals surface area contributed by atoms with Crippen molar-refractivity contribution >= 4 is 23.1 Å². The molecule has 0 aromatic carbocycles. The minimum atomic E-state index is 0.332. The molecule has 1 aliphatic heterocycles. The summed E-state index contributed by atoms with van der Waals surface area (Å²) in [5.74, 6) is 0. The lowest BCUT2D eigenvalue weighted by atomic mass is 9.78. The average molecular weight is 351 g/mol. The zero-order chi connectivity index (χ0) is 15.5. The van der Waals surface area contributed by atoms with Gasteiger partial charge in [-0.05, 0) is 35.9 Å². The van der Waals surface area contributed by atoms with Crippen LogP contribution in [0, 0.1) is 0 Å². The molecule has 1 aliphatic carbocycles. The minimum absolute atomic E-state index is 0.332. The van der Waals surface area contributed by atoms with E-state index in [0.717, 1.165) is 32.7 Å². The van der Waals surface area contributed by atoms with Crippen molar-refractivity contribution in [3.63, 3.8) is 0 Å². The second kappa shape index (κ2) is 6.88. The van der Waals surface area contributed by atoms with Gasteiger partial charge in [0.1, 0.15) is 0 Å². The predicted octanol–water partition coefficient (Wildman–Crippen LogP) is 2.41. The molecule has 0 atom stereocenters. The molecule has 124 valence electrons. The van der Waals surface area contributed by atoms with E-state index >= 15 is 0 Å². The van der Waals surface area contributed by atoms with Gasteiger partial charge in [0.05, 0.1) is 22.1 Å². The standard InChI is InChI=1S/C15H22N6S2/c1-2-4-15(5-3-1)12-20(10-13-8-16-18-22-13)6-7-21(15)11-14-9-17-19-23-14/h8-9H,1-7,10-12H2. The third-order valence-corrected chi connectivity index (χ3v) is 6.49. The highest BCUT2D eigenvalue weighted by Gasteiger charge is 2.42. The van der Waals surface area contributed by atoms with Crippen molar-refractivity contribution in [1.82, 2.24) is 29.0 Å². The first-order chi connectivity index (χ1) is 11.3. The Labute approximate surface area is 144 Å². The van der Waals surface area contributed by atoms with E-state index in [0.29, 0.717) is 5.54 Å². The first-order valence-corrected chi connectivity index (χ1v) is 9.89. The maximum atomic E-state index is 4.03. The van der Waals surface area contributed by atoms with Gasteiger partial charge in [-0.1, -0.05) is 28.2 Å². The van der Waals surface area contributed by atoms with E-state index in [9.17, 15) is 0 Å². The molecule has 4 rings (SSSR count). The van der Waals surface area contributed by atoms with E-state index in [1.54, 1.807) is 0 Å². The monoisotopic (exact) mass is 350 g/mol. The molecule has 23 heavy (non-hydrogen) atoms. The average Bonchev–Trinajstić information content (AvgIpc) is 3.25. The van der Waals surface area contributed by atoms with Crippen LogP contribution in [0.4, 0.5) is 0 Å². The summed E-state index contributed by atoms with van der Waals surface area (Å²) in [5.41, 5.74) is 0.332. The van der Waals surface area contributed by atoms with Crippen LogP contribution >= 0.6 is 23.1 Å². The van der Waals surface area contributed by atoms with E-state index in [1.165, 1.54) is 64.9 Å². The maximum Gasteiger partial charge on any atom is 0.0666 e. The van der Waals surface area contributed by atoms with E-state index in [2.05, 4.69) is 29.0 Å².